The molecule has 0 saturated heterocycles. The van der Waals surface area contributed by atoms with Crippen LogP contribution in [0.25, 0.3) is 22.5 Å². The fraction of sp³-hybridized carbons (Fsp3) is 0.381. The first kappa shape index (κ1) is 18.4. The van der Waals surface area contributed by atoms with Crippen LogP contribution in [0.1, 0.15) is 32.3 Å². The van der Waals surface area contributed by atoms with Crippen LogP contribution in [-0.4, -0.2) is 27.1 Å². The molecule has 1 aromatic carbocycles. The molecular weight excluding hydrogens is 355 g/mol. The number of fused-ring (bicyclic) bond motifs is 3. The summed E-state index contributed by atoms with van der Waals surface area (Å²) in [6, 6.07) is 5.46. The molecule has 28 heavy (non-hydrogen) atoms. The van der Waals surface area contributed by atoms with Crippen molar-refractivity contribution < 1.29 is 4.39 Å². The second-order valence-electron chi connectivity index (χ2n) is 7.22. The van der Waals surface area contributed by atoms with Gasteiger partial charge in [-0.3, -0.25) is 0 Å². The first-order valence-electron chi connectivity index (χ1n) is 9.76. The van der Waals surface area contributed by atoms with Crippen molar-refractivity contribution in [2.75, 3.05) is 17.6 Å². The Morgan fingerprint density at radius 2 is 2.04 bits per heavy atom. The fourth-order valence-corrected chi connectivity index (χ4v) is 3.74. The highest BCUT2D eigenvalue weighted by Crippen LogP contribution is 2.38. The molecule has 146 valence electrons. The van der Waals surface area contributed by atoms with Crippen LogP contribution in [0.15, 0.2) is 29.4 Å². The van der Waals surface area contributed by atoms with E-state index in [1.165, 1.54) is 6.07 Å². The van der Waals surface area contributed by atoms with Crippen LogP contribution >= 0.6 is 0 Å². The number of hydrogen-bond donors (Lipinski definition) is 2. The van der Waals surface area contributed by atoms with Gasteiger partial charge in [-0.05, 0) is 49.1 Å². The van der Waals surface area contributed by atoms with Gasteiger partial charge < -0.3 is 15.6 Å². The van der Waals surface area contributed by atoms with Crippen molar-refractivity contribution >= 4 is 11.5 Å². The molecule has 0 fully saturated rings. The quantitative estimate of drug-likeness (QED) is 0.678. The number of nitrogens with one attached hydrogen (secondary N) is 1. The number of anilines is 2. The van der Waals surface area contributed by atoms with Gasteiger partial charge in [0.1, 0.15) is 17.5 Å². The molecule has 3 heterocycles. The van der Waals surface area contributed by atoms with Crippen molar-refractivity contribution in [2.45, 2.75) is 46.2 Å². The summed E-state index contributed by atoms with van der Waals surface area (Å²) in [6.07, 6.45) is 3.75. The topological polar surface area (TPSA) is 81.1 Å². The number of nitrogens with two attached hydrogens (primary N) is 1. The maximum Gasteiger partial charge on any atom is 0.246 e. The van der Waals surface area contributed by atoms with E-state index in [2.05, 4.69) is 33.7 Å². The Morgan fingerprint density at radius 3 is 2.79 bits per heavy atom. The van der Waals surface area contributed by atoms with Gasteiger partial charge in [-0.1, -0.05) is 13.8 Å². The number of hydrogen-bond acceptors (Lipinski definition) is 5. The number of aryl methyl sites for hydroxylation is 1. The molecule has 4 rings (SSSR count). The zero-order valence-electron chi connectivity index (χ0n) is 16.5. The third-order valence-electron chi connectivity index (χ3n) is 5.37. The highest BCUT2D eigenvalue weighted by atomic mass is 19.1. The molecule has 6 nitrogen and oxygen atoms in total. The number of pyridine rings is 1. The van der Waals surface area contributed by atoms with E-state index in [-0.39, 0.29) is 11.7 Å². The SMILES string of the molecule is CCC(CC)N=c1ncc2cc(-c3cc(N)c(F)cc3C)c3n(c-2n1)CCN3. The minimum Gasteiger partial charge on any atom is -0.396 e. The molecule has 3 aliphatic rings. The van der Waals surface area contributed by atoms with Crippen molar-refractivity contribution in [2.24, 2.45) is 4.99 Å². The highest BCUT2D eigenvalue weighted by molar-refractivity contribution is 5.85. The minimum atomic E-state index is -0.393. The lowest BCUT2D eigenvalue weighted by Crippen LogP contribution is -2.20. The van der Waals surface area contributed by atoms with Gasteiger partial charge in [0.2, 0.25) is 5.62 Å². The minimum absolute atomic E-state index is 0.146. The molecule has 0 atom stereocenters. The van der Waals surface area contributed by atoms with E-state index in [9.17, 15) is 4.39 Å². The third-order valence-corrected chi connectivity index (χ3v) is 5.37. The van der Waals surface area contributed by atoms with E-state index in [4.69, 9.17) is 10.7 Å². The van der Waals surface area contributed by atoms with Gasteiger partial charge in [0.25, 0.3) is 0 Å². The molecule has 0 bridgehead atoms. The molecule has 0 aliphatic carbocycles. The number of aromatic nitrogens is 3. The normalized spacial score (nSPS) is 14.0. The fourth-order valence-electron chi connectivity index (χ4n) is 3.74. The Morgan fingerprint density at radius 1 is 1.25 bits per heavy atom. The zero-order chi connectivity index (χ0) is 19.8. The van der Waals surface area contributed by atoms with Gasteiger partial charge >= 0.3 is 0 Å². The summed E-state index contributed by atoms with van der Waals surface area (Å²) in [7, 11) is 0. The van der Waals surface area contributed by atoms with Gasteiger partial charge in [-0.2, -0.15) is 4.98 Å². The molecule has 3 N–H and O–H groups in total. The van der Waals surface area contributed by atoms with Crippen molar-refractivity contribution in [3.8, 4) is 22.5 Å². The Balaban J connectivity index is 1.93. The summed E-state index contributed by atoms with van der Waals surface area (Å²) in [5, 5.41) is 3.44. The lowest BCUT2D eigenvalue weighted by Gasteiger charge is -2.18. The maximum atomic E-state index is 13.8. The molecule has 0 spiro atoms. The van der Waals surface area contributed by atoms with Crippen LogP contribution in [0.3, 0.4) is 0 Å². The number of rotatable bonds is 4. The van der Waals surface area contributed by atoms with Crippen molar-refractivity contribution in [3.05, 3.63) is 41.4 Å². The number of halogens is 1. The summed E-state index contributed by atoms with van der Waals surface area (Å²) in [6.45, 7) is 7.75. The van der Waals surface area contributed by atoms with Crippen molar-refractivity contribution in [3.63, 3.8) is 0 Å². The molecule has 0 aromatic heterocycles. The van der Waals surface area contributed by atoms with Crippen LogP contribution in [0.2, 0.25) is 0 Å². The van der Waals surface area contributed by atoms with E-state index in [1.54, 1.807) is 6.07 Å². The molecule has 0 saturated carbocycles. The van der Waals surface area contributed by atoms with E-state index in [1.807, 2.05) is 19.2 Å². The predicted molar refractivity (Wildman–Crippen MR) is 110 cm³/mol. The van der Waals surface area contributed by atoms with Crippen LogP contribution in [0.5, 0.6) is 0 Å². The van der Waals surface area contributed by atoms with E-state index in [0.717, 1.165) is 59.8 Å². The smallest absolute Gasteiger partial charge is 0.246 e. The van der Waals surface area contributed by atoms with E-state index in [0.29, 0.717) is 5.62 Å². The summed E-state index contributed by atoms with van der Waals surface area (Å²) in [5.74, 6) is 1.43. The van der Waals surface area contributed by atoms with Gasteiger partial charge in [-0.25, -0.2) is 14.4 Å². The first-order chi connectivity index (χ1) is 13.5. The van der Waals surface area contributed by atoms with Crippen LogP contribution in [0, 0.1) is 12.7 Å². The van der Waals surface area contributed by atoms with Crippen molar-refractivity contribution in [1.29, 1.82) is 0 Å². The average Bonchev–Trinajstić information content (AvgIpc) is 3.18. The van der Waals surface area contributed by atoms with Gasteiger partial charge in [0.05, 0.1) is 11.7 Å². The molecule has 3 aliphatic heterocycles. The monoisotopic (exact) mass is 380 g/mol. The van der Waals surface area contributed by atoms with Crippen LogP contribution in [0.4, 0.5) is 15.9 Å². The second kappa shape index (κ2) is 7.22. The molecule has 0 amide bonds. The standard InChI is InChI=1S/C21H25FN6/c1-4-14(5-2)26-21-25-11-13-9-16(15-10-18(23)17(22)8-12(15)3)20-24-6-7-28(20)19(13)27-21/h8-11,14,24H,4-7,23H2,1-3H3. The number of nitrogens with zero attached hydrogens (tertiary/aromatic N) is 4. The lowest BCUT2D eigenvalue weighted by molar-refractivity contribution is 0.604. The van der Waals surface area contributed by atoms with Gasteiger partial charge in [-0.15, -0.1) is 0 Å². The second-order valence-corrected chi connectivity index (χ2v) is 7.22. The van der Waals surface area contributed by atoms with Crippen LogP contribution in [-0.2, 0) is 6.54 Å². The van der Waals surface area contributed by atoms with E-state index < -0.39 is 5.82 Å². The summed E-state index contributed by atoms with van der Waals surface area (Å²) >= 11 is 0. The lowest BCUT2D eigenvalue weighted by atomic mass is 9.98. The van der Waals surface area contributed by atoms with Crippen molar-refractivity contribution in [1.82, 2.24) is 14.5 Å². The summed E-state index contributed by atoms with van der Waals surface area (Å²) in [5.41, 5.74) is 10.2. The molecule has 0 unspecified atom stereocenters. The van der Waals surface area contributed by atoms with Gasteiger partial charge in [0, 0.05) is 30.4 Å². The summed E-state index contributed by atoms with van der Waals surface area (Å²) in [4.78, 5) is 13.9. The Bertz CT molecular complexity index is 1070. The zero-order valence-corrected chi connectivity index (χ0v) is 16.5. The molecule has 7 heteroatoms. The highest BCUT2D eigenvalue weighted by Gasteiger charge is 2.23. The third kappa shape index (κ3) is 3.10. The largest absolute Gasteiger partial charge is 0.396 e. The Labute approximate surface area is 163 Å². The summed E-state index contributed by atoms with van der Waals surface area (Å²) < 4.78 is 16.0. The predicted octanol–water partition coefficient (Wildman–Crippen LogP) is 3.59. The molecule has 1 aromatic rings. The Hall–Kier alpha value is -2.96. The van der Waals surface area contributed by atoms with E-state index >= 15 is 0 Å². The number of nitrogen functional groups attached to an aromatic ring is 1. The average molecular weight is 380 g/mol. The molecule has 0 radical (unpaired) electrons. The maximum absolute atomic E-state index is 13.8. The number of benzene rings is 1. The first-order valence-corrected chi connectivity index (χ1v) is 9.76. The molecular formula is C21H25FN6. The Kier molecular flexibility index (Phi) is 4.75. The van der Waals surface area contributed by atoms with Gasteiger partial charge in [0.15, 0.2) is 0 Å². The van der Waals surface area contributed by atoms with Crippen LogP contribution < -0.4 is 16.7 Å².